The van der Waals surface area contributed by atoms with Crippen molar-refractivity contribution in [2.24, 2.45) is 0 Å². The molecule has 1 aromatic heterocycles. The molecule has 3 heteroatoms. The number of nitrogens with zero attached hydrogens (tertiary/aromatic N) is 2. The van der Waals surface area contributed by atoms with Crippen molar-refractivity contribution in [2.75, 3.05) is 9.80 Å². The third kappa shape index (κ3) is 8.50. The van der Waals surface area contributed by atoms with Crippen molar-refractivity contribution in [3.05, 3.63) is 302 Å². The molecule has 0 unspecified atom stereocenters. The average Bonchev–Trinajstić information content (AvgIpc) is 4.02. The van der Waals surface area contributed by atoms with E-state index in [0.29, 0.717) is 0 Å². The molecular formula is C78H54N2S. The Morgan fingerprint density at radius 3 is 1.31 bits per heavy atom. The first-order valence-corrected chi connectivity index (χ1v) is 28.7. The molecule has 0 aliphatic carbocycles. The van der Waals surface area contributed by atoms with Gasteiger partial charge in [0.1, 0.15) is 0 Å². The molecule has 0 atom stereocenters. The number of para-hydroxylation sites is 1. The Morgan fingerprint density at radius 1 is 0.247 bits per heavy atom. The minimum absolute atomic E-state index is 1.09. The lowest BCUT2D eigenvalue weighted by atomic mass is 9.92. The largest absolute Gasteiger partial charge is 0.310 e. The van der Waals surface area contributed by atoms with E-state index in [1.165, 1.54) is 119 Å². The molecule has 15 aromatic rings. The first kappa shape index (κ1) is 48.1. The Morgan fingerprint density at radius 2 is 0.679 bits per heavy atom. The Bertz CT molecular complexity index is 4840. The van der Waals surface area contributed by atoms with Crippen LogP contribution >= 0.6 is 11.3 Å². The molecule has 0 amide bonds. The van der Waals surface area contributed by atoms with Gasteiger partial charge < -0.3 is 9.80 Å². The van der Waals surface area contributed by atoms with Crippen molar-refractivity contribution in [3.63, 3.8) is 0 Å². The summed E-state index contributed by atoms with van der Waals surface area (Å²) in [5.41, 5.74) is 18.8. The van der Waals surface area contributed by atoms with Gasteiger partial charge in [0.05, 0.1) is 5.69 Å². The van der Waals surface area contributed by atoms with Gasteiger partial charge in [-0.15, -0.1) is 11.3 Å². The van der Waals surface area contributed by atoms with E-state index >= 15 is 0 Å². The van der Waals surface area contributed by atoms with Crippen molar-refractivity contribution in [1.29, 1.82) is 0 Å². The van der Waals surface area contributed by atoms with Crippen LogP contribution in [0.3, 0.4) is 0 Å². The molecule has 14 aromatic carbocycles. The zero-order valence-corrected chi connectivity index (χ0v) is 45.8. The van der Waals surface area contributed by atoms with Crippen LogP contribution in [0.25, 0.3) is 108 Å². The summed E-state index contributed by atoms with van der Waals surface area (Å²) in [5.74, 6) is 0. The lowest BCUT2D eigenvalue weighted by Crippen LogP contribution is -2.11. The average molecular weight is 1050 g/mol. The van der Waals surface area contributed by atoms with Crippen LogP contribution in [0.5, 0.6) is 0 Å². The first-order valence-electron chi connectivity index (χ1n) is 27.9. The molecule has 0 bridgehead atoms. The summed E-state index contributed by atoms with van der Waals surface area (Å²) >= 11 is 1.88. The summed E-state index contributed by atoms with van der Waals surface area (Å²) in [7, 11) is 0. The normalized spacial score (nSPS) is 11.6. The Labute approximate surface area is 476 Å². The van der Waals surface area contributed by atoms with Gasteiger partial charge in [-0.25, -0.2) is 0 Å². The van der Waals surface area contributed by atoms with Crippen LogP contribution < -0.4 is 9.80 Å². The highest BCUT2D eigenvalue weighted by molar-refractivity contribution is 7.26. The Hall–Kier alpha value is -10.1. The second kappa shape index (κ2) is 20.0. The fraction of sp³-hybridized carbons (Fsp3) is 0.0256. The summed E-state index contributed by atoms with van der Waals surface area (Å²) in [6, 6.07) is 107. The van der Waals surface area contributed by atoms with Crippen molar-refractivity contribution in [2.45, 2.75) is 13.8 Å². The highest BCUT2D eigenvalue weighted by atomic mass is 32.1. The molecule has 0 fully saturated rings. The van der Waals surface area contributed by atoms with Gasteiger partial charge in [-0.1, -0.05) is 212 Å². The second-order valence-corrected chi connectivity index (χ2v) is 22.4. The molecule has 0 saturated carbocycles. The quantitative estimate of drug-likeness (QED) is 0.126. The summed E-state index contributed by atoms with van der Waals surface area (Å²) < 4.78 is 2.66. The van der Waals surface area contributed by atoms with Gasteiger partial charge in [0.2, 0.25) is 0 Å². The molecular weight excluding hydrogens is 997 g/mol. The number of benzene rings is 14. The second-order valence-electron chi connectivity index (χ2n) is 21.3. The van der Waals surface area contributed by atoms with E-state index in [4.69, 9.17) is 0 Å². The maximum absolute atomic E-state index is 2.40. The van der Waals surface area contributed by atoms with Gasteiger partial charge in [0, 0.05) is 54.0 Å². The van der Waals surface area contributed by atoms with Gasteiger partial charge in [-0.3, -0.25) is 0 Å². The number of hydrogen-bond donors (Lipinski definition) is 0. The lowest BCUT2D eigenvalue weighted by Gasteiger charge is -2.28. The summed E-state index contributed by atoms with van der Waals surface area (Å²) in [6.45, 7) is 4.49. The van der Waals surface area contributed by atoms with Crippen LogP contribution in [0.2, 0.25) is 0 Å². The highest BCUT2D eigenvalue weighted by Gasteiger charge is 2.20. The molecule has 0 aliphatic rings. The number of hydrogen-bond acceptors (Lipinski definition) is 3. The number of fused-ring (bicyclic) bond motifs is 10. The van der Waals surface area contributed by atoms with E-state index in [-0.39, 0.29) is 0 Å². The van der Waals surface area contributed by atoms with Gasteiger partial charge in [0.15, 0.2) is 0 Å². The van der Waals surface area contributed by atoms with Crippen LogP contribution in [-0.2, 0) is 0 Å². The Kier molecular flexibility index (Phi) is 11.9. The van der Waals surface area contributed by atoms with Crippen molar-refractivity contribution < 1.29 is 0 Å². The molecule has 2 nitrogen and oxygen atoms in total. The maximum atomic E-state index is 2.40. The SMILES string of the molecule is Cc1cc(N(c2ccc(-c3ccc(-c4cccc5c4sc4ccccc45)cc3)cc2)c2ccc(-c3ccc4c5ccccc5c5ccccc5c4c3)cc2)ccc1-c1ccc(N(c2ccccc2)c2cccc3ccccc23)cc1C. The molecule has 0 saturated heterocycles. The third-order valence-electron chi connectivity index (χ3n) is 16.5. The van der Waals surface area contributed by atoms with Gasteiger partial charge >= 0.3 is 0 Å². The van der Waals surface area contributed by atoms with Gasteiger partial charge in [-0.2, -0.15) is 0 Å². The molecule has 382 valence electrons. The van der Waals surface area contributed by atoms with E-state index in [1.54, 1.807) is 0 Å². The number of thiophene rings is 1. The predicted molar refractivity (Wildman–Crippen MR) is 350 cm³/mol. The molecule has 0 radical (unpaired) electrons. The predicted octanol–water partition coefficient (Wildman–Crippen LogP) is 22.9. The maximum Gasteiger partial charge on any atom is 0.0540 e. The topological polar surface area (TPSA) is 6.48 Å². The molecule has 0 spiro atoms. The van der Waals surface area contributed by atoms with E-state index in [1.807, 2.05) is 11.3 Å². The number of anilines is 6. The molecule has 0 N–H and O–H groups in total. The number of rotatable bonds is 10. The van der Waals surface area contributed by atoms with E-state index < -0.39 is 0 Å². The standard InChI is InChI=1S/C78H54N2S/c1-51-48-62(43-46-64(51)65-47-44-63(49-52(65)2)80(59-18-4-3-5-19-59)76-28-14-17-56-16-6-7-20-66(56)76)79(61-41-36-55(37-42-61)58-38-45-72-70-23-9-8-21-68(70)69-22-10-11-24-71(69)75(72)50-58)60-39-34-54(35-40-60)53-30-32-57(33-31-53)67-26-15-27-74-73-25-12-13-29-77(73)81-78(67)74/h3-50H,1-2H3. The number of aryl methyl sites for hydroxylation is 2. The van der Waals surface area contributed by atoms with Crippen molar-refractivity contribution in [1.82, 2.24) is 0 Å². The van der Waals surface area contributed by atoms with Gasteiger partial charge in [-0.05, 0) is 186 Å². The van der Waals surface area contributed by atoms with Crippen LogP contribution in [0, 0.1) is 13.8 Å². The van der Waals surface area contributed by atoms with Crippen LogP contribution in [-0.4, -0.2) is 0 Å². The smallest absolute Gasteiger partial charge is 0.0540 e. The van der Waals surface area contributed by atoms with Crippen LogP contribution in [0.4, 0.5) is 34.1 Å². The summed E-state index contributed by atoms with van der Waals surface area (Å²) in [5, 5.41) is 12.8. The van der Waals surface area contributed by atoms with Crippen molar-refractivity contribution >= 4 is 109 Å². The minimum atomic E-state index is 1.09. The lowest BCUT2D eigenvalue weighted by molar-refractivity contribution is 1.26. The zero-order valence-electron chi connectivity index (χ0n) is 45.0. The van der Waals surface area contributed by atoms with E-state index in [9.17, 15) is 0 Å². The monoisotopic (exact) mass is 1050 g/mol. The summed E-state index contributed by atoms with van der Waals surface area (Å²) in [6.07, 6.45) is 0. The van der Waals surface area contributed by atoms with Crippen molar-refractivity contribution in [3.8, 4) is 44.5 Å². The third-order valence-corrected chi connectivity index (χ3v) is 17.7. The van der Waals surface area contributed by atoms with Gasteiger partial charge in [0.25, 0.3) is 0 Å². The van der Waals surface area contributed by atoms with E-state index in [2.05, 4.69) is 315 Å². The summed E-state index contributed by atoms with van der Waals surface area (Å²) in [4.78, 5) is 4.79. The molecule has 1 heterocycles. The van der Waals surface area contributed by atoms with Crippen LogP contribution in [0.15, 0.2) is 291 Å². The first-order chi connectivity index (χ1) is 40.0. The fourth-order valence-electron chi connectivity index (χ4n) is 12.5. The minimum Gasteiger partial charge on any atom is -0.310 e. The fourth-order valence-corrected chi connectivity index (χ4v) is 13.8. The van der Waals surface area contributed by atoms with Crippen LogP contribution in [0.1, 0.15) is 11.1 Å². The Balaban J connectivity index is 0.788. The zero-order chi connectivity index (χ0) is 54.0. The highest BCUT2D eigenvalue weighted by Crippen LogP contribution is 2.45. The molecule has 15 rings (SSSR count). The molecule has 0 aliphatic heterocycles. The molecule has 81 heavy (non-hydrogen) atoms. The van der Waals surface area contributed by atoms with E-state index in [0.717, 1.165) is 34.1 Å².